The van der Waals surface area contributed by atoms with Gasteiger partial charge >= 0.3 is 0 Å². The molecule has 2 atom stereocenters. The van der Waals surface area contributed by atoms with Gasteiger partial charge in [0.2, 0.25) is 0 Å². The van der Waals surface area contributed by atoms with Crippen LogP contribution in [0.3, 0.4) is 0 Å². The zero-order valence-electron chi connectivity index (χ0n) is 11.9. The van der Waals surface area contributed by atoms with Crippen molar-refractivity contribution in [3.05, 3.63) is 35.4 Å². The average molecular weight is 303 g/mol. The van der Waals surface area contributed by atoms with Crippen molar-refractivity contribution < 1.29 is 13.2 Å². The molecule has 2 heterocycles. The van der Waals surface area contributed by atoms with Crippen molar-refractivity contribution in [2.45, 2.75) is 36.2 Å². The molecule has 1 aromatic rings. The third kappa shape index (κ3) is 2.34. The Balaban J connectivity index is 2.03. The summed E-state index contributed by atoms with van der Waals surface area (Å²) in [6.07, 6.45) is 4.87. The van der Waals surface area contributed by atoms with Crippen LogP contribution in [0.1, 0.15) is 36.8 Å². The van der Waals surface area contributed by atoms with Gasteiger partial charge in [0.25, 0.3) is 0 Å². The van der Waals surface area contributed by atoms with Crippen LogP contribution in [0.2, 0.25) is 0 Å². The molecule has 21 heavy (non-hydrogen) atoms. The van der Waals surface area contributed by atoms with Crippen molar-refractivity contribution >= 4 is 15.4 Å². The third-order valence-corrected chi connectivity index (χ3v) is 6.97. The van der Waals surface area contributed by atoms with Crippen LogP contribution in [0.4, 0.5) is 0 Å². The molecule has 0 saturated carbocycles. The minimum atomic E-state index is -3.00. The standard InChI is InChI=1S/C16H17NO3S/c1-20-16-6-5-11(7-13(16)10-17)12-8-14-3-2-4-15(9-12)21(14,18)19/h5-8,14-15H,2-4,9H2,1H3. The maximum absolute atomic E-state index is 12.3. The van der Waals surface area contributed by atoms with Crippen LogP contribution in [0.15, 0.2) is 24.3 Å². The highest BCUT2D eigenvalue weighted by molar-refractivity contribution is 7.93. The molecule has 2 unspecified atom stereocenters. The van der Waals surface area contributed by atoms with Gasteiger partial charge in [-0.2, -0.15) is 5.26 Å². The topological polar surface area (TPSA) is 67.2 Å². The number of nitriles is 1. The second-order valence-electron chi connectivity index (χ2n) is 5.60. The van der Waals surface area contributed by atoms with Crippen LogP contribution in [0.5, 0.6) is 5.75 Å². The number of sulfone groups is 1. The van der Waals surface area contributed by atoms with Crippen molar-refractivity contribution in [1.82, 2.24) is 0 Å². The quantitative estimate of drug-likeness (QED) is 0.842. The summed E-state index contributed by atoms with van der Waals surface area (Å²) in [5.74, 6) is 0.547. The number of hydrogen-bond donors (Lipinski definition) is 0. The van der Waals surface area contributed by atoms with Crippen molar-refractivity contribution in [3.63, 3.8) is 0 Å². The van der Waals surface area contributed by atoms with E-state index < -0.39 is 9.84 Å². The Morgan fingerprint density at radius 3 is 2.81 bits per heavy atom. The van der Waals surface area contributed by atoms with Crippen LogP contribution in [-0.2, 0) is 9.84 Å². The van der Waals surface area contributed by atoms with E-state index in [9.17, 15) is 13.7 Å². The Hall–Kier alpha value is -1.80. The Labute approximate surface area is 125 Å². The van der Waals surface area contributed by atoms with Crippen molar-refractivity contribution in [3.8, 4) is 11.8 Å². The van der Waals surface area contributed by atoms with Gasteiger partial charge in [0.1, 0.15) is 11.8 Å². The van der Waals surface area contributed by atoms with Gasteiger partial charge in [-0.1, -0.05) is 18.6 Å². The molecule has 0 N–H and O–H groups in total. The maximum atomic E-state index is 12.3. The summed E-state index contributed by atoms with van der Waals surface area (Å²) in [5, 5.41) is 8.56. The lowest BCUT2D eigenvalue weighted by atomic mass is 9.92. The van der Waals surface area contributed by atoms with E-state index in [1.165, 1.54) is 7.11 Å². The fourth-order valence-corrected chi connectivity index (χ4v) is 5.52. The molecule has 2 bridgehead atoms. The lowest BCUT2D eigenvalue weighted by Crippen LogP contribution is -2.38. The minimum Gasteiger partial charge on any atom is -0.495 e. The van der Waals surface area contributed by atoms with E-state index in [1.54, 1.807) is 12.1 Å². The molecule has 2 aliphatic heterocycles. The third-order valence-electron chi connectivity index (χ3n) is 4.43. The molecule has 2 aliphatic rings. The molecule has 0 spiro atoms. The second-order valence-corrected chi connectivity index (χ2v) is 8.05. The molecule has 1 saturated heterocycles. The fourth-order valence-electron chi connectivity index (χ4n) is 3.27. The average Bonchev–Trinajstić information content (AvgIpc) is 2.45. The van der Waals surface area contributed by atoms with E-state index in [0.29, 0.717) is 24.2 Å². The van der Waals surface area contributed by atoms with E-state index in [0.717, 1.165) is 24.0 Å². The van der Waals surface area contributed by atoms with Gasteiger partial charge < -0.3 is 4.74 Å². The molecule has 3 rings (SSSR count). The first-order valence-electron chi connectivity index (χ1n) is 7.08. The van der Waals surface area contributed by atoms with Crippen molar-refractivity contribution in [1.29, 1.82) is 5.26 Å². The molecular formula is C16H17NO3S. The predicted molar refractivity (Wildman–Crippen MR) is 80.6 cm³/mol. The molecule has 5 heteroatoms. The smallest absolute Gasteiger partial charge is 0.159 e. The molecule has 0 aliphatic carbocycles. The molecule has 4 nitrogen and oxygen atoms in total. The number of rotatable bonds is 2. The SMILES string of the molecule is COc1ccc(C2=CC3CCCC(C2)S3(=O)=O)cc1C#N. The number of fused-ring (bicyclic) bond motifs is 2. The summed E-state index contributed by atoms with van der Waals surface area (Å²) in [6, 6.07) is 7.59. The van der Waals surface area contributed by atoms with Crippen LogP contribution >= 0.6 is 0 Å². The van der Waals surface area contributed by atoms with Gasteiger partial charge in [0, 0.05) is 0 Å². The Morgan fingerprint density at radius 1 is 1.33 bits per heavy atom. The highest BCUT2D eigenvalue weighted by Gasteiger charge is 2.40. The highest BCUT2D eigenvalue weighted by atomic mass is 32.2. The highest BCUT2D eigenvalue weighted by Crippen LogP contribution is 2.39. The van der Waals surface area contributed by atoms with E-state index in [2.05, 4.69) is 6.07 Å². The van der Waals surface area contributed by atoms with Gasteiger partial charge in [-0.25, -0.2) is 8.42 Å². The van der Waals surface area contributed by atoms with Crippen LogP contribution in [0.25, 0.3) is 5.57 Å². The molecule has 0 radical (unpaired) electrons. The van der Waals surface area contributed by atoms with Gasteiger partial charge in [0.15, 0.2) is 9.84 Å². The molecule has 1 aromatic carbocycles. The fraction of sp³-hybridized carbons (Fsp3) is 0.438. The second kappa shape index (κ2) is 5.19. The zero-order valence-corrected chi connectivity index (χ0v) is 12.7. The van der Waals surface area contributed by atoms with Gasteiger partial charge in [0.05, 0.1) is 23.2 Å². The molecule has 1 fully saturated rings. The molecule has 110 valence electrons. The number of hydrogen-bond acceptors (Lipinski definition) is 4. The number of methoxy groups -OCH3 is 1. The monoisotopic (exact) mass is 303 g/mol. The summed E-state index contributed by atoms with van der Waals surface area (Å²) in [7, 11) is -1.47. The summed E-state index contributed by atoms with van der Waals surface area (Å²) in [5.41, 5.74) is 2.45. The maximum Gasteiger partial charge on any atom is 0.159 e. The Kier molecular flexibility index (Phi) is 3.50. The number of nitrogens with zero attached hydrogens (tertiary/aromatic N) is 1. The van der Waals surface area contributed by atoms with Crippen LogP contribution in [-0.4, -0.2) is 26.0 Å². The molecule has 0 aromatic heterocycles. The number of ether oxygens (including phenoxy) is 1. The van der Waals surface area contributed by atoms with Gasteiger partial charge in [-0.3, -0.25) is 0 Å². The van der Waals surface area contributed by atoms with Crippen molar-refractivity contribution in [2.75, 3.05) is 7.11 Å². The first-order valence-corrected chi connectivity index (χ1v) is 8.69. The van der Waals surface area contributed by atoms with Gasteiger partial charge in [-0.15, -0.1) is 0 Å². The lowest BCUT2D eigenvalue weighted by molar-refractivity contribution is 0.413. The van der Waals surface area contributed by atoms with E-state index in [1.807, 2.05) is 12.1 Å². The molecule has 0 amide bonds. The van der Waals surface area contributed by atoms with Crippen LogP contribution in [0, 0.1) is 11.3 Å². The van der Waals surface area contributed by atoms with Gasteiger partial charge in [-0.05, 0) is 42.5 Å². The number of benzene rings is 1. The minimum absolute atomic E-state index is 0.260. The van der Waals surface area contributed by atoms with Crippen molar-refractivity contribution in [2.24, 2.45) is 0 Å². The van der Waals surface area contributed by atoms with E-state index in [4.69, 9.17) is 4.74 Å². The first-order chi connectivity index (χ1) is 10.1. The van der Waals surface area contributed by atoms with E-state index in [-0.39, 0.29) is 10.5 Å². The van der Waals surface area contributed by atoms with E-state index >= 15 is 0 Å². The summed E-state index contributed by atoms with van der Waals surface area (Å²) >= 11 is 0. The zero-order chi connectivity index (χ0) is 15.0. The first kappa shape index (κ1) is 14.2. The summed E-state index contributed by atoms with van der Waals surface area (Å²) < 4.78 is 29.7. The summed E-state index contributed by atoms with van der Waals surface area (Å²) in [6.45, 7) is 0. The Bertz CT molecular complexity index is 743. The molecular weight excluding hydrogens is 286 g/mol. The number of allylic oxidation sites excluding steroid dienone is 1. The normalized spacial score (nSPS) is 26.6. The largest absolute Gasteiger partial charge is 0.495 e. The predicted octanol–water partition coefficient (Wildman–Crippen LogP) is 2.69. The Morgan fingerprint density at radius 2 is 2.14 bits per heavy atom. The van der Waals surface area contributed by atoms with Crippen LogP contribution < -0.4 is 4.74 Å². The lowest BCUT2D eigenvalue weighted by Gasteiger charge is -2.33. The summed E-state index contributed by atoms with van der Waals surface area (Å²) in [4.78, 5) is 0.